The van der Waals surface area contributed by atoms with Gasteiger partial charge in [0, 0.05) is 31.5 Å². The van der Waals surface area contributed by atoms with Crippen molar-refractivity contribution in [3.8, 4) is 11.4 Å². The SMILES string of the molecule is CP(CO)OCCNC(=O)CCCC(=O)NCc1ccc(-c2nncnn2)cc1. The van der Waals surface area contributed by atoms with E-state index >= 15 is 0 Å². The summed E-state index contributed by atoms with van der Waals surface area (Å²) in [5.41, 5.74) is 1.74. The Kier molecular flexibility index (Phi) is 10.1. The number of hydrogen-bond acceptors (Lipinski definition) is 8. The van der Waals surface area contributed by atoms with E-state index in [-0.39, 0.29) is 31.0 Å². The lowest BCUT2D eigenvalue weighted by atomic mass is 10.1. The molecule has 0 saturated carbocycles. The van der Waals surface area contributed by atoms with Crippen LogP contribution in [0.5, 0.6) is 0 Å². The number of amides is 2. The molecule has 2 rings (SSSR count). The van der Waals surface area contributed by atoms with E-state index in [4.69, 9.17) is 9.63 Å². The Bertz CT molecular complexity index is 763. The summed E-state index contributed by atoms with van der Waals surface area (Å²) in [4.78, 5) is 23.6. The third-order valence-electron chi connectivity index (χ3n) is 3.85. The summed E-state index contributed by atoms with van der Waals surface area (Å²) in [7, 11) is -0.827. The Morgan fingerprint density at radius 2 is 1.72 bits per heavy atom. The summed E-state index contributed by atoms with van der Waals surface area (Å²) in [6, 6.07) is 7.44. The molecule has 0 aliphatic carbocycles. The first-order chi connectivity index (χ1) is 14.1. The third-order valence-corrected chi connectivity index (χ3v) is 4.87. The molecule has 156 valence electrons. The lowest BCUT2D eigenvalue weighted by Crippen LogP contribution is -2.27. The van der Waals surface area contributed by atoms with Crippen LogP contribution in [0, 0.1) is 0 Å². The van der Waals surface area contributed by atoms with E-state index in [1.165, 1.54) is 6.33 Å². The molecule has 0 bridgehead atoms. The second-order valence-electron chi connectivity index (χ2n) is 6.15. The smallest absolute Gasteiger partial charge is 0.220 e. The quantitative estimate of drug-likeness (QED) is 0.339. The van der Waals surface area contributed by atoms with Crippen LogP contribution in [-0.2, 0) is 20.7 Å². The fourth-order valence-electron chi connectivity index (χ4n) is 2.31. The van der Waals surface area contributed by atoms with Crippen LogP contribution in [0.25, 0.3) is 11.4 Å². The summed E-state index contributed by atoms with van der Waals surface area (Å²) in [6.45, 7) is 2.99. The van der Waals surface area contributed by atoms with Gasteiger partial charge in [-0.2, -0.15) is 0 Å². The summed E-state index contributed by atoms with van der Waals surface area (Å²) in [5.74, 6) is 0.218. The largest absolute Gasteiger partial charge is 0.389 e. The molecule has 3 N–H and O–H groups in total. The van der Waals surface area contributed by atoms with E-state index in [9.17, 15) is 9.59 Å². The van der Waals surface area contributed by atoms with E-state index < -0.39 is 8.15 Å². The normalized spacial score (nSPS) is 11.7. The number of aliphatic hydroxyl groups excluding tert-OH is 1. The highest BCUT2D eigenvalue weighted by atomic mass is 31.1. The average molecular weight is 420 g/mol. The number of nitrogens with one attached hydrogen (secondary N) is 2. The predicted molar refractivity (Wildman–Crippen MR) is 108 cm³/mol. The third kappa shape index (κ3) is 8.99. The van der Waals surface area contributed by atoms with Crippen molar-refractivity contribution in [2.75, 3.05) is 26.2 Å². The predicted octanol–water partition coefficient (Wildman–Crippen LogP) is 0.829. The minimum Gasteiger partial charge on any atom is -0.389 e. The molecule has 1 aromatic carbocycles. The molecule has 1 heterocycles. The number of rotatable bonds is 12. The maximum absolute atomic E-state index is 11.9. The molecule has 29 heavy (non-hydrogen) atoms. The van der Waals surface area contributed by atoms with Crippen molar-refractivity contribution in [2.45, 2.75) is 25.8 Å². The summed E-state index contributed by atoms with van der Waals surface area (Å²) in [6.07, 6.45) is 2.31. The lowest BCUT2D eigenvalue weighted by Gasteiger charge is -2.10. The first kappa shape index (κ1) is 22.7. The van der Waals surface area contributed by atoms with Gasteiger partial charge in [0.1, 0.15) is 0 Å². The first-order valence-corrected chi connectivity index (χ1v) is 11.1. The molecule has 0 saturated heterocycles. The van der Waals surface area contributed by atoms with Gasteiger partial charge in [-0.05, 0) is 18.6 Å². The molecular weight excluding hydrogens is 395 g/mol. The van der Waals surface area contributed by atoms with Crippen molar-refractivity contribution in [1.82, 2.24) is 31.0 Å². The highest BCUT2D eigenvalue weighted by Crippen LogP contribution is 2.28. The van der Waals surface area contributed by atoms with Crippen LogP contribution in [0.3, 0.4) is 0 Å². The van der Waals surface area contributed by atoms with Crippen LogP contribution >= 0.6 is 8.15 Å². The van der Waals surface area contributed by atoms with Gasteiger partial charge < -0.3 is 20.3 Å². The summed E-state index contributed by atoms with van der Waals surface area (Å²) >= 11 is 0. The zero-order valence-electron chi connectivity index (χ0n) is 16.2. The molecule has 10 nitrogen and oxygen atoms in total. The van der Waals surface area contributed by atoms with Crippen molar-refractivity contribution in [1.29, 1.82) is 0 Å². The van der Waals surface area contributed by atoms with Crippen LogP contribution in [0.2, 0.25) is 0 Å². The minimum absolute atomic E-state index is 0.0128. The minimum atomic E-state index is -0.827. The maximum Gasteiger partial charge on any atom is 0.220 e. The van der Waals surface area contributed by atoms with E-state index in [0.717, 1.165) is 11.1 Å². The van der Waals surface area contributed by atoms with E-state index in [0.29, 0.717) is 31.9 Å². The van der Waals surface area contributed by atoms with Gasteiger partial charge in [-0.3, -0.25) is 9.59 Å². The number of carbonyl (C=O) groups is 2. The molecule has 0 aliphatic rings. The van der Waals surface area contributed by atoms with Crippen LogP contribution in [0.15, 0.2) is 30.6 Å². The first-order valence-electron chi connectivity index (χ1n) is 9.16. The number of benzene rings is 1. The molecule has 1 aromatic heterocycles. The van der Waals surface area contributed by atoms with Crippen LogP contribution in [0.1, 0.15) is 24.8 Å². The Labute approximate surface area is 170 Å². The standard InChI is InChI=1S/C18H25N6O4P/c1-29(13-25)28-10-9-19-16(26)3-2-4-17(27)20-11-14-5-7-15(8-6-14)18-23-21-12-22-24-18/h5-8,12,25H,2-4,9-11,13H2,1H3,(H,19,26)(H,20,27). The molecule has 2 amide bonds. The van der Waals surface area contributed by atoms with Gasteiger partial charge in [0.2, 0.25) is 17.6 Å². The van der Waals surface area contributed by atoms with Gasteiger partial charge in [-0.15, -0.1) is 20.4 Å². The Morgan fingerprint density at radius 1 is 1.07 bits per heavy atom. The van der Waals surface area contributed by atoms with Crippen molar-refractivity contribution in [3.05, 3.63) is 36.2 Å². The molecule has 1 atom stereocenters. The van der Waals surface area contributed by atoms with E-state index in [2.05, 4.69) is 31.0 Å². The topological polar surface area (TPSA) is 139 Å². The van der Waals surface area contributed by atoms with Crippen molar-refractivity contribution >= 4 is 20.0 Å². The second-order valence-corrected chi connectivity index (χ2v) is 7.95. The number of nitrogens with zero attached hydrogens (tertiary/aromatic N) is 4. The molecule has 0 radical (unpaired) electrons. The molecule has 0 spiro atoms. The van der Waals surface area contributed by atoms with Crippen LogP contribution < -0.4 is 10.6 Å². The number of aliphatic hydroxyl groups is 1. The number of hydrogen-bond donors (Lipinski definition) is 3. The van der Waals surface area contributed by atoms with Crippen molar-refractivity contribution in [2.24, 2.45) is 0 Å². The Morgan fingerprint density at radius 3 is 2.38 bits per heavy atom. The Balaban J connectivity index is 1.59. The van der Waals surface area contributed by atoms with E-state index in [1.807, 2.05) is 30.9 Å². The van der Waals surface area contributed by atoms with Gasteiger partial charge >= 0.3 is 0 Å². The summed E-state index contributed by atoms with van der Waals surface area (Å²) < 4.78 is 5.31. The van der Waals surface area contributed by atoms with Crippen LogP contribution in [0.4, 0.5) is 0 Å². The van der Waals surface area contributed by atoms with Gasteiger partial charge in [-0.25, -0.2) is 0 Å². The lowest BCUT2D eigenvalue weighted by molar-refractivity contribution is -0.122. The second kappa shape index (κ2) is 12.8. The van der Waals surface area contributed by atoms with Crippen molar-refractivity contribution < 1.29 is 19.2 Å². The molecule has 2 aromatic rings. The fourth-order valence-corrected chi connectivity index (χ4v) is 2.80. The van der Waals surface area contributed by atoms with Crippen molar-refractivity contribution in [3.63, 3.8) is 0 Å². The monoisotopic (exact) mass is 420 g/mol. The van der Waals surface area contributed by atoms with Gasteiger partial charge in [-0.1, -0.05) is 24.3 Å². The highest BCUT2D eigenvalue weighted by Gasteiger charge is 2.07. The fraction of sp³-hybridized carbons (Fsp3) is 0.444. The highest BCUT2D eigenvalue weighted by molar-refractivity contribution is 7.51. The maximum atomic E-state index is 11.9. The van der Waals surface area contributed by atoms with Gasteiger partial charge in [0.15, 0.2) is 6.33 Å². The van der Waals surface area contributed by atoms with Gasteiger partial charge in [0.25, 0.3) is 0 Å². The summed E-state index contributed by atoms with van der Waals surface area (Å²) in [5, 5.41) is 29.6. The molecule has 1 unspecified atom stereocenters. The van der Waals surface area contributed by atoms with Crippen LogP contribution in [-0.4, -0.2) is 63.5 Å². The number of carbonyl (C=O) groups excluding carboxylic acids is 2. The van der Waals surface area contributed by atoms with E-state index in [1.54, 1.807) is 0 Å². The number of aromatic nitrogens is 4. The zero-order valence-corrected chi connectivity index (χ0v) is 17.1. The van der Waals surface area contributed by atoms with Gasteiger partial charge in [0.05, 0.1) is 21.1 Å². The average Bonchev–Trinajstić information content (AvgIpc) is 2.76. The molecule has 11 heteroatoms. The zero-order chi connectivity index (χ0) is 20.9. The molecule has 0 aliphatic heterocycles. The molecule has 0 fully saturated rings. The Hall–Kier alpha value is -2.55. The molecular formula is C18H25N6O4P.